The number of ether oxygens (including phenoxy) is 1. The molecule has 1 aromatic carbocycles. The summed E-state index contributed by atoms with van der Waals surface area (Å²) < 4.78 is 9.61. The van der Waals surface area contributed by atoms with Crippen LogP contribution in [0.4, 0.5) is 5.82 Å². The Bertz CT molecular complexity index is 1130. The van der Waals surface area contributed by atoms with Crippen molar-refractivity contribution in [3.63, 3.8) is 0 Å². The molecular weight excluding hydrogens is 364 g/mol. The van der Waals surface area contributed by atoms with Gasteiger partial charge < -0.3 is 10.1 Å². The van der Waals surface area contributed by atoms with Crippen LogP contribution in [0.15, 0.2) is 36.5 Å². The number of carbonyl (C=O) groups is 1. The van der Waals surface area contributed by atoms with Gasteiger partial charge in [0, 0.05) is 24.9 Å². The van der Waals surface area contributed by atoms with Gasteiger partial charge in [-0.25, -0.2) is 4.98 Å². The third kappa shape index (κ3) is 3.28. The van der Waals surface area contributed by atoms with E-state index in [-0.39, 0.29) is 5.91 Å². The van der Waals surface area contributed by atoms with E-state index in [0.717, 1.165) is 21.7 Å². The van der Waals surface area contributed by atoms with Crippen molar-refractivity contribution < 1.29 is 9.53 Å². The molecule has 1 amide bonds. The molecule has 0 unspecified atom stereocenters. The second kappa shape index (κ2) is 6.84. The smallest absolute Gasteiger partial charge is 0.277 e. The maximum absolute atomic E-state index is 12.5. The van der Waals surface area contributed by atoms with Crippen LogP contribution in [0.2, 0.25) is 0 Å². The van der Waals surface area contributed by atoms with E-state index in [1.165, 1.54) is 11.3 Å². The number of thiazole rings is 1. The Balaban J connectivity index is 1.67. The summed E-state index contributed by atoms with van der Waals surface area (Å²) in [5, 5.41) is 12.3. The Hall–Kier alpha value is -3.20. The second-order valence-corrected chi connectivity index (χ2v) is 6.93. The molecule has 0 spiro atoms. The van der Waals surface area contributed by atoms with Crippen molar-refractivity contribution in [3.8, 4) is 10.9 Å². The SMILES string of the molecule is CCn1ccc(C(=O)Nc2cc(C)nn2-c2nc3cc(OC)ccc3s2)n1. The van der Waals surface area contributed by atoms with Crippen molar-refractivity contribution in [2.75, 3.05) is 12.4 Å². The molecule has 3 aromatic heterocycles. The molecule has 27 heavy (non-hydrogen) atoms. The fourth-order valence-electron chi connectivity index (χ4n) is 2.69. The van der Waals surface area contributed by atoms with Gasteiger partial charge in [0.1, 0.15) is 11.6 Å². The average Bonchev–Trinajstić information content (AvgIpc) is 3.38. The Morgan fingerprint density at radius 3 is 2.85 bits per heavy atom. The highest BCUT2D eigenvalue weighted by Gasteiger charge is 2.17. The summed E-state index contributed by atoms with van der Waals surface area (Å²) in [7, 11) is 1.62. The molecule has 138 valence electrons. The standard InChI is InChI=1S/C18H18N6O2S/c1-4-23-8-7-13(22-23)17(25)20-16-9-11(2)21-24(16)18-19-14-10-12(26-3)5-6-15(14)27-18/h5-10H,4H2,1-3H3,(H,20,25). The van der Waals surface area contributed by atoms with Crippen molar-refractivity contribution in [1.82, 2.24) is 24.5 Å². The van der Waals surface area contributed by atoms with E-state index in [2.05, 4.69) is 20.5 Å². The van der Waals surface area contributed by atoms with Crippen LogP contribution in [0.3, 0.4) is 0 Å². The van der Waals surface area contributed by atoms with Gasteiger partial charge in [-0.2, -0.15) is 14.9 Å². The first kappa shape index (κ1) is 17.2. The largest absolute Gasteiger partial charge is 0.497 e. The molecule has 0 aliphatic heterocycles. The lowest BCUT2D eigenvalue weighted by molar-refractivity contribution is 0.102. The van der Waals surface area contributed by atoms with Gasteiger partial charge in [0.2, 0.25) is 5.13 Å². The number of nitrogens with one attached hydrogen (secondary N) is 1. The number of amides is 1. The highest BCUT2D eigenvalue weighted by Crippen LogP contribution is 2.29. The number of carbonyl (C=O) groups excluding carboxylic acids is 1. The van der Waals surface area contributed by atoms with Crippen LogP contribution in [-0.2, 0) is 6.54 Å². The Morgan fingerprint density at radius 1 is 1.26 bits per heavy atom. The molecule has 0 aliphatic rings. The highest BCUT2D eigenvalue weighted by molar-refractivity contribution is 7.20. The van der Waals surface area contributed by atoms with E-state index in [1.807, 2.05) is 32.0 Å². The predicted molar refractivity (Wildman–Crippen MR) is 104 cm³/mol. The lowest BCUT2D eigenvalue weighted by atomic mass is 10.3. The molecule has 0 fully saturated rings. The number of anilines is 1. The van der Waals surface area contributed by atoms with E-state index in [0.29, 0.717) is 23.2 Å². The fourth-order valence-corrected chi connectivity index (χ4v) is 3.60. The minimum absolute atomic E-state index is 0.286. The van der Waals surface area contributed by atoms with Gasteiger partial charge in [0.25, 0.3) is 5.91 Å². The van der Waals surface area contributed by atoms with E-state index in [9.17, 15) is 4.79 Å². The van der Waals surface area contributed by atoms with Crippen molar-refractivity contribution >= 4 is 33.3 Å². The van der Waals surface area contributed by atoms with Gasteiger partial charge >= 0.3 is 0 Å². The van der Waals surface area contributed by atoms with Crippen LogP contribution < -0.4 is 10.1 Å². The summed E-state index contributed by atoms with van der Waals surface area (Å²) in [5.74, 6) is 1.01. The highest BCUT2D eigenvalue weighted by atomic mass is 32.1. The van der Waals surface area contributed by atoms with E-state index in [1.54, 1.807) is 34.8 Å². The van der Waals surface area contributed by atoms with Gasteiger partial charge in [0.15, 0.2) is 5.69 Å². The molecule has 0 aliphatic carbocycles. The van der Waals surface area contributed by atoms with Crippen LogP contribution in [0.25, 0.3) is 15.3 Å². The zero-order valence-electron chi connectivity index (χ0n) is 15.1. The number of aryl methyl sites for hydroxylation is 2. The van der Waals surface area contributed by atoms with Crippen LogP contribution in [-0.4, -0.2) is 37.6 Å². The minimum Gasteiger partial charge on any atom is -0.497 e. The molecule has 0 saturated carbocycles. The molecule has 0 bridgehead atoms. The number of nitrogens with zero attached hydrogens (tertiary/aromatic N) is 5. The van der Waals surface area contributed by atoms with Gasteiger partial charge in [-0.15, -0.1) is 0 Å². The predicted octanol–water partition coefficient (Wildman–Crippen LogP) is 3.27. The monoisotopic (exact) mass is 382 g/mol. The minimum atomic E-state index is -0.286. The first-order valence-corrected chi connectivity index (χ1v) is 9.25. The topological polar surface area (TPSA) is 86.9 Å². The van der Waals surface area contributed by atoms with Crippen LogP contribution in [0.5, 0.6) is 5.75 Å². The van der Waals surface area contributed by atoms with Crippen LogP contribution in [0, 0.1) is 6.92 Å². The number of fused-ring (bicyclic) bond motifs is 1. The number of aromatic nitrogens is 5. The van der Waals surface area contributed by atoms with Gasteiger partial charge in [-0.1, -0.05) is 11.3 Å². The number of hydrogen-bond donors (Lipinski definition) is 1. The summed E-state index contributed by atoms with van der Waals surface area (Å²) in [4.78, 5) is 17.2. The summed E-state index contributed by atoms with van der Waals surface area (Å²) in [5.41, 5.74) is 1.96. The Morgan fingerprint density at radius 2 is 2.11 bits per heavy atom. The van der Waals surface area contributed by atoms with Gasteiger partial charge in [0.05, 0.1) is 23.0 Å². The molecule has 4 rings (SSSR count). The number of benzene rings is 1. The van der Waals surface area contributed by atoms with Crippen LogP contribution in [0.1, 0.15) is 23.1 Å². The Kier molecular flexibility index (Phi) is 4.36. The molecule has 3 heterocycles. The zero-order valence-corrected chi connectivity index (χ0v) is 15.9. The average molecular weight is 382 g/mol. The van der Waals surface area contributed by atoms with Gasteiger partial charge in [-0.05, 0) is 32.0 Å². The molecule has 0 atom stereocenters. The summed E-state index contributed by atoms with van der Waals surface area (Å²) >= 11 is 1.49. The first-order chi connectivity index (χ1) is 13.1. The summed E-state index contributed by atoms with van der Waals surface area (Å²) in [6.45, 7) is 4.54. The lowest BCUT2D eigenvalue weighted by Crippen LogP contribution is -2.16. The van der Waals surface area contributed by atoms with Crippen molar-refractivity contribution in [1.29, 1.82) is 0 Å². The van der Waals surface area contributed by atoms with Crippen LogP contribution >= 0.6 is 11.3 Å². The van der Waals surface area contributed by atoms with E-state index >= 15 is 0 Å². The third-order valence-corrected chi connectivity index (χ3v) is 5.05. The van der Waals surface area contributed by atoms with Gasteiger partial charge in [-0.3, -0.25) is 9.48 Å². The van der Waals surface area contributed by atoms with Crippen molar-refractivity contribution in [2.24, 2.45) is 0 Å². The normalized spacial score (nSPS) is 11.1. The molecule has 4 aromatic rings. The van der Waals surface area contributed by atoms with Crippen molar-refractivity contribution in [3.05, 3.63) is 47.9 Å². The number of methoxy groups -OCH3 is 1. The molecule has 1 N–H and O–H groups in total. The number of hydrogen-bond acceptors (Lipinski definition) is 6. The summed E-state index contributed by atoms with van der Waals surface area (Å²) in [6, 6.07) is 9.23. The lowest BCUT2D eigenvalue weighted by Gasteiger charge is -2.04. The Labute approximate surface area is 159 Å². The van der Waals surface area contributed by atoms with Crippen molar-refractivity contribution in [2.45, 2.75) is 20.4 Å². The molecule has 8 nitrogen and oxygen atoms in total. The van der Waals surface area contributed by atoms with E-state index < -0.39 is 0 Å². The fraction of sp³-hybridized carbons (Fsp3) is 0.222. The quantitative estimate of drug-likeness (QED) is 0.572. The van der Waals surface area contributed by atoms with E-state index in [4.69, 9.17) is 4.74 Å². The third-order valence-electron chi connectivity index (χ3n) is 4.04. The maximum atomic E-state index is 12.5. The molecule has 0 saturated heterocycles. The number of rotatable bonds is 5. The molecule has 0 radical (unpaired) electrons. The first-order valence-electron chi connectivity index (χ1n) is 8.44. The second-order valence-electron chi connectivity index (χ2n) is 5.92. The molecular formula is C18H18N6O2S. The maximum Gasteiger partial charge on any atom is 0.277 e. The molecule has 9 heteroatoms. The summed E-state index contributed by atoms with van der Waals surface area (Å²) in [6.07, 6.45) is 1.78. The zero-order chi connectivity index (χ0) is 19.0.